The van der Waals surface area contributed by atoms with Gasteiger partial charge in [0.1, 0.15) is 5.75 Å². The molecule has 0 aliphatic heterocycles. The molecule has 1 heterocycles. The maximum Gasteiger partial charge on any atom is 0.257 e. The zero-order valence-electron chi connectivity index (χ0n) is 20.5. The largest absolute Gasteiger partial charge is 0.495 e. The molecule has 0 saturated heterocycles. The Labute approximate surface area is 195 Å². The Morgan fingerprint density at radius 2 is 1.73 bits per heavy atom. The van der Waals surface area contributed by atoms with Gasteiger partial charge in [0.2, 0.25) is 5.96 Å². The molecule has 0 unspecified atom stereocenters. The summed E-state index contributed by atoms with van der Waals surface area (Å²) in [4.78, 5) is 17.8. The fourth-order valence-corrected chi connectivity index (χ4v) is 3.87. The molecule has 0 saturated carbocycles. The number of amides is 1. The molecule has 3 rings (SSSR count). The van der Waals surface area contributed by atoms with Gasteiger partial charge in [0.05, 0.1) is 25.0 Å². The van der Waals surface area contributed by atoms with Crippen LogP contribution in [0.15, 0.2) is 41.4 Å². The molecule has 33 heavy (non-hydrogen) atoms. The number of aromatic nitrogens is 2. The number of benzene rings is 2. The quantitative estimate of drug-likeness (QED) is 0.418. The van der Waals surface area contributed by atoms with Gasteiger partial charge >= 0.3 is 0 Å². The average molecular weight is 448 g/mol. The van der Waals surface area contributed by atoms with Crippen molar-refractivity contribution in [3.8, 4) is 5.75 Å². The second-order valence-electron chi connectivity index (χ2n) is 8.29. The highest BCUT2D eigenvalue weighted by molar-refractivity contribution is 6.10. The smallest absolute Gasteiger partial charge is 0.257 e. The normalized spacial score (nSPS) is 11.4. The predicted molar refractivity (Wildman–Crippen MR) is 133 cm³/mol. The fraction of sp³-hybridized carbons (Fsp3) is 0.346. The molecule has 0 aliphatic rings. The molecule has 0 bridgehead atoms. The van der Waals surface area contributed by atoms with Gasteiger partial charge in [-0.3, -0.25) is 14.8 Å². The first-order valence-corrected chi connectivity index (χ1v) is 11.1. The summed E-state index contributed by atoms with van der Waals surface area (Å²) in [7, 11) is 1.62. The Morgan fingerprint density at radius 3 is 2.33 bits per heavy atom. The highest BCUT2D eigenvalue weighted by Gasteiger charge is 2.15. The van der Waals surface area contributed by atoms with Gasteiger partial charge in [0.15, 0.2) is 0 Å². The molecule has 0 atom stereocenters. The number of carbonyl (C=O) groups is 1. The minimum atomic E-state index is -0.225. The third kappa shape index (κ3) is 5.80. The Bertz CT molecular complexity index is 1170. The number of anilines is 1. The lowest BCUT2D eigenvalue weighted by atomic mass is 10.1. The van der Waals surface area contributed by atoms with Crippen molar-refractivity contribution in [3.63, 3.8) is 0 Å². The number of nitrogens with one attached hydrogen (secondary N) is 2. The number of aliphatic imine (C=N–C) groups is 1. The zero-order chi connectivity index (χ0) is 24.1. The van der Waals surface area contributed by atoms with E-state index in [2.05, 4.69) is 22.7 Å². The summed E-state index contributed by atoms with van der Waals surface area (Å²) >= 11 is 0. The predicted octanol–water partition coefficient (Wildman–Crippen LogP) is 4.85. The third-order valence-corrected chi connectivity index (χ3v) is 5.55. The minimum Gasteiger partial charge on any atom is -0.495 e. The summed E-state index contributed by atoms with van der Waals surface area (Å²) in [5.41, 5.74) is 7.51. The summed E-state index contributed by atoms with van der Waals surface area (Å²) in [5, 5.41) is 10.8. The molecule has 174 valence electrons. The molecule has 0 fully saturated rings. The van der Waals surface area contributed by atoms with Crippen molar-refractivity contribution in [1.82, 2.24) is 15.1 Å². The molecule has 3 aromatic rings. The molecule has 7 heteroatoms. The van der Waals surface area contributed by atoms with Crippen molar-refractivity contribution >= 4 is 17.6 Å². The van der Waals surface area contributed by atoms with Crippen molar-refractivity contribution in [2.45, 2.75) is 54.6 Å². The van der Waals surface area contributed by atoms with E-state index >= 15 is 0 Å². The van der Waals surface area contributed by atoms with Crippen LogP contribution in [0.1, 0.15) is 50.9 Å². The Kier molecular flexibility index (Phi) is 7.53. The van der Waals surface area contributed by atoms with Crippen LogP contribution in [0.3, 0.4) is 0 Å². The molecule has 0 radical (unpaired) electrons. The number of hydrogen-bond donors (Lipinski definition) is 2. The molecular weight excluding hydrogens is 414 g/mol. The molecule has 2 aromatic carbocycles. The summed E-state index contributed by atoms with van der Waals surface area (Å²) in [6.07, 6.45) is 0. The van der Waals surface area contributed by atoms with E-state index in [0.717, 1.165) is 45.9 Å². The van der Waals surface area contributed by atoms with Crippen LogP contribution in [0.25, 0.3) is 0 Å². The van der Waals surface area contributed by atoms with Crippen LogP contribution in [-0.2, 0) is 13.1 Å². The van der Waals surface area contributed by atoms with Crippen molar-refractivity contribution in [1.29, 1.82) is 0 Å². The van der Waals surface area contributed by atoms with Gasteiger partial charge in [-0.2, -0.15) is 5.10 Å². The monoisotopic (exact) mass is 447 g/mol. The number of hydrogen-bond acceptors (Lipinski definition) is 4. The van der Waals surface area contributed by atoms with Gasteiger partial charge in [-0.05, 0) is 71.4 Å². The van der Waals surface area contributed by atoms with Gasteiger partial charge in [0.25, 0.3) is 5.91 Å². The first-order chi connectivity index (χ1) is 15.7. The van der Waals surface area contributed by atoms with Crippen LogP contribution in [0, 0.1) is 34.6 Å². The first kappa shape index (κ1) is 24.0. The number of rotatable bonds is 6. The van der Waals surface area contributed by atoms with Crippen molar-refractivity contribution in [3.05, 3.63) is 75.6 Å². The van der Waals surface area contributed by atoms with Crippen LogP contribution in [-0.4, -0.2) is 28.8 Å². The maximum absolute atomic E-state index is 13.1. The van der Waals surface area contributed by atoms with Gasteiger partial charge in [-0.1, -0.05) is 23.3 Å². The van der Waals surface area contributed by atoms with E-state index in [1.54, 1.807) is 7.11 Å². The fourth-order valence-electron chi connectivity index (χ4n) is 3.87. The summed E-state index contributed by atoms with van der Waals surface area (Å²) in [6, 6.07) is 11.6. The van der Waals surface area contributed by atoms with E-state index in [-0.39, 0.29) is 5.91 Å². The van der Waals surface area contributed by atoms with Crippen LogP contribution in [0.2, 0.25) is 0 Å². The minimum absolute atomic E-state index is 0.225. The van der Waals surface area contributed by atoms with Crippen molar-refractivity contribution in [2.24, 2.45) is 4.99 Å². The number of carbonyl (C=O) groups excluding carboxylic acids is 1. The zero-order valence-corrected chi connectivity index (χ0v) is 20.5. The lowest BCUT2D eigenvalue weighted by molar-refractivity contribution is 0.0976. The molecule has 1 amide bonds. The van der Waals surface area contributed by atoms with Crippen LogP contribution >= 0.6 is 0 Å². The first-order valence-electron chi connectivity index (χ1n) is 11.1. The average Bonchev–Trinajstić information content (AvgIpc) is 3.04. The van der Waals surface area contributed by atoms with E-state index in [1.165, 1.54) is 0 Å². The lowest BCUT2D eigenvalue weighted by Gasteiger charge is -2.15. The molecule has 0 spiro atoms. The second kappa shape index (κ2) is 10.3. The van der Waals surface area contributed by atoms with Crippen LogP contribution < -0.4 is 15.4 Å². The third-order valence-electron chi connectivity index (χ3n) is 5.55. The number of guanidine groups is 1. The number of aryl methyl sites for hydroxylation is 5. The summed E-state index contributed by atoms with van der Waals surface area (Å²) in [6.45, 7) is 13.2. The van der Waals surface area contributed by atoms with Crippen molar-refractivity contribution < 1.29 is 9.53 Å². The van der Waals surface area contributed by atoms with E-state index in [9.17, 15) is 4.79 Å². The Hall–Kier alpha value is -3.61. The van der Waals surface area contributed by atoms with Gasteiger partial charge < -0.3 is 10.1 Å². The molecule has 7 nitrogen and oxygen atoms in total. The standard InChI is InChI=1S/C26H33N5O2/c1-8-31-20(6)22(19(5)30-31)15-27-26(28-23-14-16(2)9-10-24(23)33-7)29-25(32)21-12-17(3)11-18(4)13-21/h9-14H,8,15H2,1-7H3,(H2,27,28,29,32). The molecular formula is C26H33N5O2. The Morgan fingerprint density at radius 1 is 1.03 bits per heavy atom. The molecule has 1 aromatic heterocycles. The van der Waals surface area contributed by atoms with E-state index in [0.29, 0.717) is 23.8 Å². The number of nitrogens with zero attached hydrogens (tertiary/aromatic N) is 3. The second-order valence-corrected chi connectivity index (χ2v) is 8.29. The van der Waals surface area contributed by atoms with E-state index in [4.69, 9.17) is 9.73 Å². The Balaban J connectivity index is 1.95. The maximum atomic E-state index is 13.1. The van der Waals surface area contributed by atoms with Crippen molar-refractivity contribution in [2.75, 3.05) is 12.4 Å². The summed E-state index contributed by atoms with van der Waals surface area (Å²) < 4.78 is 7.46. The van der Waals surface area contributed by atoms with Gasteiger partial charge in [0, 0.05) is 23.4 Å². The SMILES string of the molecule is CCn1nc(C)c(CN=C(NC(=O)c2cc(C)cc(C)c2)Nc2cc(C)ccc2OC)c1C. The lowest BCUT2D eigenvalue weighted by Crippen LogP contribution is -2.36. The topological polar surface area (TPSA) is 80.5 Å². The van der Waals surface area contributed by atoms with Gasteiger partial charge in [-0.25, -0.2) is 4.99 Å². The van der Waals surface area contributed by atoms with Crippen LogP contribution in [0.5, 0.6) is 5.75 Å². The molecule has 0 aliphatic carbocycles. The van der Waals surface area contributed by atoms with Crippen LogP contribution in [0.4, 0.5) is 5.69 Å². The highest BCUT2D eigenvalue weighted by Crippen LogP contribution is 2.25. The van der Waals surface area contributed by atoms with E-state index in [1.807, 2.05) is 75.7 Å². The summed E-state index contributed by atoms with van der Waals surface area (Å²) in [5.74, 6) is 0.795. The highest BCUT2D eigenvalue weighted by atomic mass is 16.5. The van der Waals surface area contributed by atoms with Gasteiger partial charge in [-0.15, -0.1) is 0 Å². The number of ether oxygens (including phenoxy) is 1. The number of methoxy groups -OCH3 is 1. The molecule has 2 N–H and O–H groups in total. The van der Waals surface area contributed by atoms with E-state index < -0.39 is 0 Å².